The van der Waals surface area contributed by atoms with E-state index in [1.807, 2.05) is 6.26 Å². The predicted molar refractivity (Wildman–Crippen MR) is 97.2 cm³/mol. The first-order valence-electron chi connectivity index (χ1n) is 7.92. The van der Waals surface area contributed by atoms with Gasteiger partial charge in [0.05, 0.1) is 6.26 Å². The lowest BCUT2D eigenvalue weighted by atomic mass is 10.2. The molecule has 11 heteroatoms. The molecule has 4 atom stereocenters. The number of anilines is 1. The van der Waals surface area contributed by atoms with Crippen LogP contribution < -0.4 is 11.5 Å². The number of nitrogens with zero attached hydrogens (tertiary/aromatic N) is 4. The maximum atomic E-state index is 10.8. The van der Waals surface area contributed by atoms with Crippen molar-refractivity contribution in [3.8, 4) is 0 Å². The highest BCUT2D eigenvalue weighted by atomic mass is 32.2. The predicted octanol–water partition coefficient (Wildman–Crippen LogP) is -0.768. The Morgan fingerprint density at radius 1 is 1.46 bits per heavy atom. The molecule has 140 valence electrons. The molecule has 6 N–H and O–H groups in total. The molecule has 0 aliphatic carbocycles. The summed E-state index contributed by atoms with van der Waals surface area (Å²) in [6.45, 7) is 0. The summed E-state index contributed by atoms with van der Waals surface area (Å²) in [5.41, 5.74) is 12.3. The third kappa shape index (κ3) is 3.74. The zero-order valence-electron chi connectivity index (χ0n) is 14.1. The van der Waals surface area contributed by atoms with Crippen LogP contribution in [0.3, 0.4) is 0 Å². The molecule has 0 aromatic carbocycles. The zero-order chi connectivity index (χ0) is 18.8. The maximum absolute atomic E-state index is 10.8. The van der Waals surface area contributed by atoms with E-state index in [0.717, 1.165) is 0 Å². The van der Waals surface area contributed by atoms with Crippen molar-refractivity contribution < 1.29 is 19.7 Å². The van der Waals surface area contributed by atoms with Gasteiger partial charge in [-0.15, -0.1) is 0 Å². The lowest BCUT2D eigenvalue weighted by molar-refractivity contribution is -0.138. The smallest absolute Gasteiger partial charge is 0.320 e. The molecule has 0 saturated heterocycles. The van der Waals surface area contributed by atoms with Gasteiger partial charge in [0.25, 0.3) is 0 Å². The first kappa shape index (κ1) is 18.4. The lowest BCUT2D eigenvalue weighted by Gasteiger charge is -2.17. The second-order valence-electron chi connectivity index (χ2n) is 6.08. The van der Waals surface area contributed by atoms with Crippen LogP contribution in [0, 0.1) is 0 Å². The summed E-state index contributed by atoms with van der Waals surface area (Å²) in [6.07, 6.45) is 5.38. The SMILES string of the molecule is C[S+](CCC(N)C(=O)O)CC1=CC(O)C(n2cnc3c(N)ncnc32)O1. The number of imidazole rings is 1. The number of hydrogen-bond acceptors (Lipinski definition) is 8. The molecule has 0 spiro atoms. The summed E-state index contributed by atoms with van der Waals surface area (Å²) in [5.74, 6) is 1.19. The van der Waals surface area contributed by atoms with Crippen LogP contribution in [0.25, 0.3) is 11.2 Å². The number of ether oxygens (including phenoxy) is 1. The highest BCUT2D eigenvalue weighted by Crippen LogP contribution is 2.30. The number of carboxylic acid groups (broad SMARTS) is 1. The van der Waals surface area contributed by atoms with Crippen LogP contribution in [0.2, 0.25) is 0 Å². The van der Waals surface area contributed by atoms with Crippen molar-refractivity contribution >= 4 is 33.8 Å². The fraction of sp³-hybridized carbons (Fsp3) is 0.467. The zero-order valence-corrected chi connectivity index (χ0v) is 15.0. The summed E-state index contributed by atoms with van der Waals surface area (Å²) in [7, 11) is -0.123. The first-order valence-corrected chi connectivity index (χ1v) is 9.90. The largest absolute Gasteiger partial charge is 0.480 e. The summed E-state index contributed by atoms with van der Waals surface area (Å²) in [6, 6.07) is -0.857. The fourth-order valence-corrected chi connectivity index (χ4v) is 4.11. The molecule has 0 radical (unpaired) electrons. The molecule has 10 nitrogen and oxygen atoms in total. The number of aromatic nitrogens is 4. The topological polar surface area (TPSA) is 162 Å². The van der Waals surface area contributed by atoms with Gasteiger partial charge in [-0.1, -0.05) is 0 Å². The van der Waals surface area contributed by atoms with Crippen LogP contribution in [0.5, 0.6) is 0 Å². The number of carbonyl (C=O) groups is 1. The normalized spacial score (nSPS) is 22.0. The summed E-state index contributed by atoms with van der Waals surface area (Å²) in [4.78, 5) is 23.0. The number of rotatable bonds is 7. The molecular formula is C15H21N6O4S+. The van der Waals surface area contributed by atoms with Crippen molar-refractivity contribution in [2.45, 2.75) is 24.8 Å². The van der Waals surface area contributed by atoms with Crippen molar-refractivity contribution in [1.82, 2.24) is 19.5 Å². The van der Waals surface area contributed by atoms with E-state index >= 15 is 0 Å². The van der Waals surface area contributed by atoms with Crippen molar-refractivity contribution in [1.29, 1.82) is 0 Å². The quantitative estimate of drug-likeness (QED) is 0.451. The van der Waals surface area contributed by atoms with Crippen LogP contribution in [0.1, 0.15) is 12.6 Å². The van der Waals surface area contributed by atoms with Crippen LogP contribution in [-0.2, 0) is 20.4 Å². The number of fused-ring (bicyclic) bond motifs is 1. The van der Waals surface area contributed by atoms with Gasteiger partial charge in [-0.3, -0.25) is 9.36 Å². The number of hydrogen-bond donors (Lipinski definition) is 4. The number of aliphatic hydroxyl groups is 1. The molecule has 3 heterocycles. The third-order valence-electron chi connectivity index (χ3n) is 4.07. The van der Waals surface area contributed by atoms with Gasteiger partial charge in [0.15, 0.2) is 17.2 Å². The molecule has 1 aliphatic heterocycles. The van der Waals surface area contributed by atoms with Crippen molar-refractivity contribution in [3.63, 3.8) is 0 Å². The average Bonchev–Trinajstić information content (AvgIpc) is 3.16. The molecule has 0 fully saturated rings. The minimum absolute atomic E-state index is 0.123. The second kappa shape index (κ2) is 7.48. The van der Waals surface area contributed by atoms with E-state index in [0.29, 0.717) is 34.8 Å². The van der Waals surface area contributed by atoms with Crippen molar-refractivity contribution in [3.05, 3.63) is 24.5 Å². The minimum atomic E-state index is -0.998. The summed E-state index contributed by atoms with van der Waals surface area (Å²) < 4.78 is 7.50. The Hall–Kier alpha value is -2.37. The molecule has 1 aliphatic rings. The molecule has 2 aromatic rings. The molecule has 26 heavy (non-hydrogen) atoms. The number of aliphatic hydroxyl groups excluding tert-OH is 1. The Balaban J connectivity index is 1.64. The lowest BCUT2D eigenvalue weighted by Crippen LogP contribution is -2.32. The molecular weight excluding hydrogens is 360 g/mol. The Bertz CT molecular complexity index is 841. The van der Waals surface area contributed by atoms with Gasteiger partial charge in [-0.2, -0.15) is 0 Å². The Morgan fingerprint density at radius 3 is 2.96 bits per heavy atom. The number of carboxylic acids is 1. The standard InChI is InChI=1S/C15H20N6O4S/c1-26(3-2-9(16)15(23)24)5-8-4-10(22)14(25-8)21-7-20-11-12(17)18-6-19-13(11)21/h4,6-7,9-10,14,22H,2-3,5,16H2,1H3,(H2-,17,18,19,23,24)/p+1. The Labute approximate surface area is 152 Å². The molecule has 4 unspecified atom stereocenters. The minimum Gasteiger partial charge on any atom is -0.480 e. The van der Waals surface area contributed by atoms with Crippen LogP contribution >= 0.6 is 0 Å². The van der Waals surface area contributed by atoms with Gasteiger partial charge in [0.2, 0.25) is 6.23 Å². The summed E-state index contributed by atoms with van der Waals surface area (Å²) >= 11 is 0. The Morgan fingerprint density at radius 2 is 2.23 bits per heavy atom. The monoisotopic (exact) mass is 381 g/mol. The van der Waals surface area contributed by atoms with Crippen LogP contribution in [0.15, 0.2) is 24.5 Å². The fourth-order valence-electron chi connectivity index (χ4n) is 2.66. The first-order chi connectivity index (χ1) is 12.4. The van der Waals surface area contributed by atoms with E-state index in [2.05, 4.69) is 15.0 Å². The van der Waals surface area contributed by atoms with E-state index in [-0.39, 0.29) is 16.7 Å². The molecule has 0 amide bonds. The van der Waals surface area contributed by atoms with E-state index in [4.69, 9.17) is 21.3 Å². The van der Waals surface area contributed by atoms with Gasteiger partial charge in [-0.25, -0.2) is 15.0 Å². The summed E-state index contributed by atoms with van der Waals surface area (Å²) in [5, 5.41) is 19.2. The second-order valence-corrected chi connectivity index (χ2v) is 8.34. The van der Waals surface area contributed by atoms with Crippen LogP contribution in [0.4, 0.5) is 5.82 Å². The number of nitrogen functional groups attached to an aromatic ring is 1. The number of aliphatic carboxylic acids is 1. The highest BCUT2D eigenvalue weighted by Gasteiger charge is 2.33. The van der Waals surface area contributed by atoms with Gasteiger partial charge in [0, 0.05) is 6.42 Å². The van der Waals surface area contributed by atoms with Gasteiger partial charge >= 0.3 is 5.97 Å². The molecule has 0 saturated carbocycles. The van der Waals surface area contributed by atoms with Gasteiger partial charge in [-0.05, 0) is 17.0 Å². The third-order valence-corrected chi connectivity index (χ3v) is 5.78. The Kier molecular flexibility index (Phi) is 5.30. The molecule has 3 rings (SSSR count). The number of nitrogens with two attached hydrogens (primary N) is 2. The van der Waals surface area contributed by atoms with Crippen LogP contribution in [-0.4, -0.2) is 65.6 Å². The maximum Gasteiger partial charge on any atom is 0.320 e. The highest BCUT2D eigenvalue weighted by molar-refractivity contribution is 7.96. The van der Waals surface area contributed by atoms with Gasteiger partial charge in [0.1, 0.15) is 41.8 Å². The van der Waals surface area contributed by atoms with E-state index in [9.17, 15) is 9.90 Å². The van der Waals surface area contributed by atoms with Gasteiger partial charge < -0.3 is 26.4 Å². The molecule has 2 aromatic heterocycles. The average molecular weight is 381 g/mol. The van der Waals surface area contributed by atoms with Crippen molar-refractivity contribution in [2.75, 3.05) is 23.5 Å². The van der Waals surface area contributed by atoms with E-state index in [1.54, 1.807) is 10.6 Å². The van der Waals surface area contributed by atoms with E-state index in [1.165, 1.54) is 12.7 Å². The van der Waals surface area contributed by atoms with E-state index < -0.39 is 24.3 Å². The van der Waals surface area contributed by atoms with Crippen molar-refractivity contribution in [2.24, 2.45) is 5.73 Å². The molecule has 0 bridgehead atoms.